The summed E-state index contributed by atoms with van der Waals surface area (Å²) in [5.74, 6) is 2.52. The Kier molecular flexibility index (Phi) is 3.19. The van der Waals surface area contributed by atoms with Crippen molar-refractivity contribution in [2.75, 3.05) is 0 Å². The normalized spacial score (nSPS) is 14.5. The van der Waals surface area contributed by atoms with E-state index in [-0.39, 0.29) is 0 Å². The first-order valence-electron chi connectivity index (χ1n) is 7.15. The molecule has 1 aliphatic rings. The molecule has 0 aliphatic heterocycles. The average molecular weight is 343 g/mol. The van der Waals surface area contributed by atoms with E-state index in [0.717, 1.165) is 33.0 Å². The number of nitrogens with zero attached hydrogens (tertiary/aromatic N) is 1. The summed E-state index contributed by atoms with van der Waals surface area (Å²) >= 11 is 3.46. The van der Waals surface area contributed by atoms with E-state index in [4.69, 9.17) is 4.74 Å². The van der Waals surface area contributed by atoms with Crippen LogP contribution in [0.25, 0.3) is 11.0 Å². The monoisotopic (exact) mass is 342 g/mol. The lowest BCUT2D eigenvalue weighted by molar-refractivity contribution is 0.297. The van der Waals surface area contributed by atoms with Gasteiger partial charge in [-0.3, -0.25) is 0 Å². The summed E-state index contributed by atoms with van der Waals surface area (Å²) in [7, 11) is 0. The van der Waals surface area contributed by atoms with Crippen molar-refractivity contribution in [2.45, 2.75) is 25.4 Å². The van der Waals surface area contributed by atoms with Gasteiger partial charge in [0, 0.05) is 4.47 Å². The van der Waals surface area contributed by atoms with Gasteiger partial charge in [0.2, 0.25) is 0 Å². The van der Waals surface area contributed by atoms with Crippen LogP contribution in [0.4, 0.5) is 0 Å². The quantitative estimate of drug-likeness (QED) is 0.740. The largest absolute Gasteiger partial charge is 0.486 e. The van der Waals surface area contributed by atoms with Crippen LogP contribution in [0.2, 0.25) is 0 Å². The van der Waals surface area contributed by atoms with Gasteiger partial charge in [-0.15, -0.1) is 0 Å². The van der Waals surface area contributed by atoms with E-state index in [1.54, 1.807) is 0 Å². The Morgan fingerprint density at radius 2 is 1.95 bits per heavy atom. The maximum absolute atomic E-state index is 5.80. The summed E-state index contributed by atoms with van der Waals surface area (Å²) in [5.41, 5.74) is 3.41. The molecule has 21 heavy (non-hydrogen) atoms. The number of rotatable bonds is 4. The summed E-state index contributed by atoms with van der Waals surface area (Å²) < 4.78 is 6.84. The Morgan fingerprint density at radius 3 is 2.71 bits per heavy atom. The van der Waals surface area contributed by atoms with Gasteiger partial charge >= 0.3 is 0 Å². The average Bonchev–Trinajstić information content (AvgIpc) is 3.26. The van der Waals surface area contributed by atoms with E-state index >= 15 is 0 Å². The zero-order valence-corrected chi connectivity index (χ0v) is 13.1. The number of imidazole rings is 1. The zero-order valence-electron chi connectivity index (χ0n) is 11.5. The Hall–Kier alpha value is -1.81. The van der Waals surface area contributed by atoms with Gasteiger partial charge in [0.15, 0.2) is 0 Å². The minimum atomic E-state index is 0.453. The second kappa shape index (κ2) is 5.19. The third-order valence-corrected chi connectivity index (χ3v) is 4.29. The summed E-state index contributed by atoms with van der Waals surface area (Å²) in [4.78, 5) is 7.80. The molecule has 1 fully saturated rings. The van der Waals surface area contributed by atoms with Crippen LogP contribution in [0.1, 0.15) is 30.1 Å². The number of nitrogens with one attached hydrogen (secondary N) is 1. The van der Waals surface area contributed by atoms with E-state index in [1.165, 1.54) is 18.4 Å². The van der Waals surface area contributed by atoms with Crippen molar-refractivity contribution in [2.24, 2.45) is 0 Å². The van der Waals surface area contributed by atoms with Crippen molar-refractivity contribution >= 4 is 27.0 Å². The van der Waals surface area contributed by atoms with Crippen LogP contribution in [0.3, 0.4) is 0 Å². The molecule has 0 unspecified atom stereocenters. The molecule has 1 aliphatic carbocycles. The fourth-order valence-corrected chi connectivity index (χ4v) is 2.87. The molecule has 0 radical (unpaired) electrons. The Morgan fingerprint density at radius 1 is 1.14 bits per heavy atom. The number of H-pyrrole nitrogens is 1. The molecule has 4 heteroatoms. The van der Waals surface area contributed by atoms with Crippen molar-refractivity contribution in [3.63, 3.8) is 0 Å². The highest BCUT2D eigenvalue weighted by molar-refractivity contribution is 9.10. The number of hydrogen-bond donors (Lipinski definition) is 1. The Bertz CT molecular complexity index is 775. The Balaban J connectivity index is 1.46. The van der Waals surface area contributed by atoms with E-state index in [1.807, 2.05) is 30.3 Å². The zero-order chi connectivity index (χ0) is 14.2. The predicted octanol–water partition coefficient (Wildman–Crippen LogP) is 4.78. The number of aromatic amines is 1. The van der Waals surface area contributed by atoms with Crippen LogP contribution in [-0.4, -0.2) is 9.97 Å². The summed E-state index contributed by atoms with van der Waals surface area (Å²) in [5, 5.41) is 0. The van der Waals surface area contributed by atoms with Gasteiger partial charge in [0.1, 0.15) is 18.2 Å². The topological polar surface area (TPSA) is 37.9 Å². The third-order valence-electron chi connectivity index (χ3n) is 3.80. The molecule has 0 amide bonds. The fraction of sp³-hybridized carbons (Fsp3) is 0.235. The minimum absolute atomic E-state index is 0.453. The van der Waals surface area contributed by atoms with Crippen LogP contribution in [-0.2, 0) is 6.61 Å². The van der Waals surface area contributed by atoms with Crippen LogP contribution in [0.15, 0.2) is 46.9 Å². The molecule has 0 bridgehead atoms. The van der Waals surface area contributed by atoms with Crippen LogP contribution in [0, 0.1) is 0 Å². The highest BCUT2D eigenvalue weighted by Crippen LogP contribution is 2.40. The van der Waals surface area contributed by atoms with E-state index in [0.29, 0.717) is 6.61 Å². The first-order valence-corrected chi connectivity index (χ1v) is 7.94. The molecule has 106 valence electrons. The highest BCUT2D eigenvalue weighted by Gasteiger charge is 2.22. The smallest absolute Gasteiger partial charge is 0.146 e. The maximum Gasteiger partial charge on any atom is 0.146 e. The summed E-state index contributed by atoms with van der Waals surface area (Å²) in [6.45, 7) is 0.453. The van der Waals surface area contributed by atoms with Gasteiger partial charge in [0.05, 0.1) is 11.0 Å². The standard InChI is InChI=1S/C17H15BrN2O/c18-13-5-8-15-16(9-13)20-17(19-15)10-21-14-6-3-12(4-7-14)11-1-2-11/h3-9,11H,1-2,10H2,(H,19,20). The number of ether oxygens (including phenoxy) is 1. The molecule has 4 rings (SSSR count). The van der Waals surface area contributed by atoms with Crippen molar-refractivity contribution in [3.05, 3.63) is 58.3 Å². The van der Waals surface area contributed by atoms with Crippen LogP contribution < -0.4 is 4.74 Å². The van der Waals surface area contributed by atoms with Crippen molar-refractivity contribution < 1.29 is 4.74 Å². The van der Waals surface area contributed by atoms with Gasteiger partial charge in [0.25, 0.3) is 0 Å². The molecule has 3 nitrogen and oxygen atoms in total. The molecular formula is C17H15BrN2O. The molecule has 1 aromatic heterocycles. The van der Waals surface area contributed by atoms with E-state index in [2.05, 4.69) is 38.0 Å². The first-order chi connectivity index (χ1) is 10.3. The summed E-state index contributed by atoms with van der Waals surface area (Å²) in [6.07, 6.45) is 2.66. The van der Waals surface area contributed by atoms with Gasteiger partial charge in [-0.05, 0) is 54.7 Å². The molecule has 1 saturated carbocycles. The lowest BCUT2D eigenvalue weighted by atomic mass is 10.1. The number of fused-ring (bicyclic) bond motifs is 1. The van der Waals surface area contributed by atoms with E-state index in [9.17, 15) is 0 Å². The second-order valence-corrected chi connectivity index (χ2v) is 6.39. The minimum Gasteiger partial charge on any atom is -0.486 e. The lowest BCUT2D eigenvalue weighted by Gasteiger charge is -2.05. The molecular weight excluding hydrogens is 328 g/mol. The van der Waals surface area contributed by atoms with Crippen LogP contribution >= 0.6 is 15.9 Å². The maximum atomic E-state index is 5.80. The van der Waals surface area contributed by atoms with Crippen molar-refractivity contribution in [1.82, 2.24) is 9.97 Å². The molecule has 1 N–H and O–H groups in total. The predicted molar refractivity (Wildman–Crippen MR) is 86.5 cm³/mol. The third kappa shape index (κ3) is 2.81. The van der Waals surface area contributed by atoms with Gasteiger partial charge in [-0.25, -0.2) is 4.98 Å². The van der Waals surface area contributed by atoms with E-state index < -0.39 is 0 Å². The summed E-state index contributed by atoms with van der Waals surface area (Å²) in [6, 6.07) is 14.4. The fourth-order valence-electron chi connectivity index (χ4n) is 2.51. The molecule has 0 atom stereocenters. The van der Waals surface area contributed by atoms with Crippen LogP contribution in [0.5, 0.6) is 5.75 Å². The number of hydrogen-bond acceptors (Lipinski definition) is 2. The van der Waals surface area contributed by atoms with Crippen molar-refractivity contribution in [3.8, 4) is 5.75 Å². The number of benzene rings is 2. The SMILES string of the molecule is Brc1ccc2nc(COc3ccc(C4CC4)cc3)[nH]c2c1. The Labute approximate surface area is 131 Å². The molecule has 0 spiro atoms. The lowest BCUT2D eigenvalue weighted by Crippen LogP contribution is -1.97. The molecule has 3 aromatic rings. The van der Waals surface area contributed by atoms with Gasteiger partial charge in [-0.1, -0.05) is 28.1 Å². The first kappa shape index (κ1) is 12.9. The number of halogens is 1. The highest BCUT2D eigenvalue weighted by atomic mass is 79.9. The molecule has 2 aromatic carbocycles. The number of aromatic nitrogens is 2. The van der Waals surface area contributed by atoms with Gasteiger partial charge in [-0.2, -0.15) is 0 Å². The molecule has 1 heterocycles. The molecule has 0 saturated heterocycles. The second-order valence-electron chi connectivity index (χ2n) is 5.48. The van der Waals surface area contributed by atoms with Crippen molar-refractivity contribution in [1.29, 1.82) is 0 Å². The van der Waals surface area contributed by atoms with Gasteiger partial charge < -0.3 is 9.72 Å².